The molecule has 0 fully saturated rings. The van der Waals surface area contributed by atoms with Gasteiger partial charge in [0.05, 0.1) is 13.1 Å². The van der Waals surface area contributed by atoms with Crippen molar-refractivity contribution in [1.29, 1.82) is 0 Å². The zero-order chi connectivity index (χ0) is 24.1. The molecular weight excluding hydrogens is 418 g/mol. The van der Waals surface area contributed by atoms with E-state index in [1.807, 2.05) is 43.3 Å². The molecule has 0 saturated heterocycles. The number of unbranched alkanes of at least 4 members (excludes halogenated alkanes) is 1. The Bertz CT molecular complexity index is 895. The minimum absolute atomic E-state index is 0.127. The second-order valence-corrected chi connectivity index (χ2v) is 8.06. The zero-order valence-electron chi connectivity index (χ0n) is 19.9. The SMILES string of the molecule is CCCCc1ccc(C(=O)N(CCCOC)CC(=O)NCC(=O)Nc2ccc(C)cc2)cc1. The van der Waals surface area contributed by atoms with E-state index in [1.165, 1.54) is 10.5 Å². The molecule has 7 heteroatoms. The highest BCUT2D eigenvalue weighted by atomic mass is 16.5. The molecule has 178 valence electrons. The van der Waals surface area contributed by atoms with Gasteiger partial charge in [-0.2, -0.15) is 0 Å². The van der Waals surface area contributed by atoms with Crippen LogP contribution in [0.5, 0.6) is 0 Å². The van der Waals surface area contributed by atoms with Crippen LogP contribution < -0.4 is 10.6 Å². The maximum absolute atomic E-state index is 13.0. The number of benzene rings is 2. The summed E-state index contributed by atoms with van der Waals surface area (Å²) in [5.41, 5.74) is 3.49. The van der Waals surface area contributed by atoms with Gasteiger partial charge in [-0.1, -0.05) is 43.2 Å². The van der Waals surface area contributed by atoms with Gasteiger partial charge in [0, 0.05) is 31.5 Å². The number of ether oxygens (including phenoxy) is 1. The van der Waals surface area contributed by atoms with Crippen LogP contribution in [0.1, 0.15) is 47.7 Å². The van der Waals surface area contributed by atoms with Crippen LogP contribution in [-0.2, 0) is 20.7 Å². The molecule has 2 N–H and O–H groups in total. The van der Waals surface area contributed by atoms with Crippen LogP contribution in [0.2, 0.25) is 0 Å². The molecule has 0 heterocycles. The molecule has 0 saturated carbocycles. The third kappa shape index (κ3) is 9.45. The summed E-state index contributed by atoms with van der Waals surface area (Å²) >= 11 is 0. The van der Waals surface area contributed by atoms with Crippen molar-refractivity contribution in [3.8, 4) is 0 Å². The molecule has 33 heavy (non-hydrogen) atoms. The van der Waals surface area contributed by atoms with Gasteiger partial charge < -0.3 is 20.3 Å². The molecular formula is C26H35N3O4. The number of carbonyl (C=O) groups is 3. The lowest BCUT2D eigenvalue weighted by molar-refractivity contribution is -0.124. The summed E-state index contributed by atoms with van der Waals surface area (Å²) in [6.07, 6.45) is 3.81. The van der Waals surface area contributed by atoms with Crippen molar-refractivity contribution in [1.82, 2.24) is 10.2 Å². The van der Waals surface area contributed by atoms with Crippen LogP contribution >= 0.6 is 0 Å². The Morgan fingerprint density at radius 1 is 0.939 bits per heavy atom. The molecule has 0 aromatic heterocycles. The quantitative estimate of drug-likeness (QED) is 0.454. The van der Waals surface area contributed by atoms with Gasteiger partial charge in [0.1, 0.15) is 0 Å². The summed E-state index contributed by atoms with van der Waals surface area (Å²) in [7, 11) is 1.60. The van der Waals surface area contributed by atoms with E-state index < -0.39 is 0 Å². The van der Waals surface area contributed by atoms with Crippen LogP contribution in [0.4, 0.5) is 5.69 Å². The summed E-state index contributed by atoms with van der Waals surface area (Å²) in [6, 6.07) is 14.9. The van der Waals surface area contributed by atoms with E-state index in [2.05, 4.69) is 17.6 Å². The van der Waals surface area contributed by atoms with Gasteiger partial charge in [-0.15, -0.1) is 0 Å². The van der Waals surface area contributed by atoms with Gasteiger partial charge >= 0.3 is 0 Å². The maximum atomic E-state index is 13.0. The van der Waals surface area contributed by atoms with Crippen molar-refractivity contribution in [3.63, 3.8) is 0 Å². The number of amides is 3. The van der Waals surface area contributed by atoms with E-state index in [4.69, 9.17) is 4.74 Å². The second kappa shape index (κ2) is 14.1. The molecule has 0 unspecified atom stereocenters. The van der Waals surface area contributed by atoms with Crippen molar-refractivity contribution in [2.75, 3.05) is 38.7 Å². The summed E-state index contributed by atoms with van der Waals surface area (Å²) < 4.78 is 5.09. The molecule has 0 spiro atoms. The van der Waals surface area contributed by atoms with Gasteiger partial charge in [-0.25, -0.2) is 0 Å². The first-order valence-electron chi connectivity index (χ1n) is 11.4. The molecule has 0 aliphatic heterocycles. The van der Waals surface area contributed by atoms with Gasteiger partial charge in [-0.3, -0.25) is 14.4 Å². The minimum atomic E-state index is -0.389. The van der Waals surface area contributed by atoms with Gasteiger partial charge in [0.15, 0.2) is 0 Å². The number of hydrogen-bond acceptors (Lipinski definition) is 4. The monoisotopic (exact) mass is 453 g/mol. The van der Waals surface area contributed by atoms with Crippen LogP contribution in [0, 0.1) is 6.92 Å². The zero-order valence-corrected chi connectivity index (χ0v) is 19.9. The Morgan fingerprint density at radius 2 is 1.64 bits per heavy atom. The first-order valence-corrected chi connectivity index (χ1v) is 11.4. The summed E-state index contributed by atoms with van der Waals surface area (Å²) in [5, 5.41) is 5.33. The first kappa shape index (κ1) is 26.1. The second-order valence-electron chi connectivity index (χ2n) is 8.06. The largest absolute Gasteiger partial charge is 0.385 e. The molecule has 0 atom stereocenters. The highest BCUT2D eigenvalue weighted by Crippen LogP contribution is 2.11. The van der Waals surface area contributed by atoms with Crippen LogP contribution in [0.3, 0.4) is 0 Å². The highest BCUT2D eigenvalue weighted by molar-refractivity contribution is 5.98. The Balaban J connectivity index is 1.92. The molecule has 0 bridgehead atoms. The third-order valence-electron chi connectivity index (χ3n) is 5.20. The smallest absolute Gasteiger partial charge is 0.254 e. The van der Waals surface area contributed by atoms with Gasteiger partial charge in [0.2, 0.25) is 11.8 Å². The molecule has 0 radical (unpaired) electrons. The topological polar surface area (TPSA) is 87.7 Å². The molecule has 2 rings (SSSR count). The highest BCUT2D eigenvalue weighted by Gasteiger charge is 2.19. The number of nitrogens with one attached hydrogen (secondary N) is 2. The fourth-order valence-electron chi connectivity index (χ4n) is 3.28. The Kier molecular flexibility index (Phi) is 11.1. The number of hydrogen-bond donors (Lipinski definition) is 2. The number of anilines is 1. The average molecular weight is 454 g/mol. The van der Waals surface area contributed by atoms with E-state index in [0.29, 0.717) is 30.8 Å². The Labute approximate surface area is 196 Å². The predicted octanol–water partition coefficient (Wildman–Crippen LogP) is 3.57. The molecule has 2 aromatic carbocycles. The van der Waals surface area contributed by atoms with Crippen LogP contribution in [-0.4, -0.2) is 56.0 Å². The van der Waals surface area contributed by atoms with Crippen molar-refractivity contribution >= 4 is 23.4 Å². The third-order valence-corrected chi connectivity index (χ3v) is 5.20. The van der Waals surface area contributed by atoms with Gasteiger partial charge in [-0.05, 0) is 56.0 Å². The lowest BCUT2D eigenvalue weighted by Gasteiger charge is -2.22. The summed E-state index contributed by atoms with van der Waals surface area (Å²) in [4.78, 5) is 39.1. The van der Waals surface area contributed by atoms with Gasteiger partial charge in [0.25, 0.3) is 5.91 Å². The van der Waals surface area contributed by atoms with Crippen molar-refractivity contribution in [2.24, 2.45) is 0 Å². The van der Waals surface area contributed by atoms with Crippen molar-refractivity contribution in [3.05, 3.63) is 65.2 Å². The number of methoxy groups -OCH3 is 1. The van der Waals surface area contributed by atoms with Crippen LogP contribution in [0.25, 0.3) is 0 Å². The van der Waals surface area contributed by atoms with E-state index in [1.54, 1.807) is 19.2 Å². The maximum Gasteiger partial charge on any atom is 0.254 e. The normalized spacial score (nSPS) is 10.5. The van der Waals surface area contributed by atoms with E-state index >= 15 is 0 Å². The van der Waals surface area contributed by atoms with Crippen molar-refractivity contribution < 1.29 is 19.1 Å². The van der Waals surface area contributed by atoms with E-state index in [-0.39, 0.29) is 30.8 Å². The number of aryl methyl sites for hydroxylation is 2. The molecule has 7 nitrogen and oxygen atoms in total. The molecule has 0 aliphatic carbocycles. The van der Waals surface area contributed by atoms with E-state index in [9.17, 15) is 14.4 Å². The lowest BCUT2D eigenvalue weighted by atomic mass is 10.1. The number of rotatable bonds is 13. The minimum Gasteiger partial charge on any atom is -0.385 e. The molecule has 3 amide bonds. The first-order chi connectivity index (χ1) is 15.9. The Morgan fingerprint density at radius 3 is 2.27 bits per heavy atom. The van der Waals surface area contributed by atoms with Crippen LogP contribution in [0.15, 0.2) is 48.5 Å². The molecule has 2 aromatic rings. The fraction of sp³-hybridized carbons (Fsp3) is 0.423. The summed E-state index contributed by atoms with van der Waals surface area (Å²) in [5.74, 6) is -0.932. The van der Waals surface area contributed by atoms with E-state index in [0.717, 1.165) is 24.8 Å². The lowest BCUT2D eigenvalue weighted by Crippen LogP contribution is -2.43. The summed E-state index contributed by atoms with van der Waals surface area (Å²) in [6.45, 7) is 4.68. The Hall–Kier alpha value is -3.19. The average Bonchev–Trinajstić information content (AvgIpc) is 2.82. The van der Waals surface area contributed by atoms with Crippen molar-refractivity contribution in [2.45, 2.75) is 39.5 Å². The fourth-order valence-corrected chi connectivity index (χ4v) is 3.28. The standard InChI is InChI=1S/C26H35N3O4/c1-4-5-7-21-10-12-22(13-11-21)26(32)29(16-6-17-33-3)19-25(31)27-18-24(30)28-23-14-8-20(2)9-15-23/h8-15H,4-7,16-19H2,1-3H3,(H,27,31)(H,28,30). The number of carbonyl (C=O) groups excluding carboxylic acids is 3. The molecule has 0 aliphatic rings. The predicted molar refractivity (Wildman–Crippen MR) is 130 cm³/mol. The number of nitrogens with zero attached hydrogens (tertiary/aromatic N) is 1.